The third-order valence-corrected chi connectivity index (χ3v) is 26.1. The summed E-state index contributed by atoms with van der Waals surface area (Å²) >= 11 is 0. The van der Waals surface area contributed by atoms with Gasteiger partial charge in [-0.25, -0.2) is 9.86 Å². The molecule has 28 heteroatoms. The number of likely N-dealkylation sites (N-methyl/N-ethyl adjacent to an activating group) is 2. The average Bonchev–Trinajstić information content (AvgIpc) is 0.977. The zero-order valence-corrected chi connectivity index (χ0v) is 70.9. The maximum absolute atomic E-state index is 14.4. The molecule has 4 aromatic carbocycles. The molecule has 6 aromatic rings. The number of carboxylic acids is 1. The van der Waals surface area contributed by atoms with Gasteiger partial charge in [0.05, 0.1) is 69.3 Å². The standard InChI is InChI=1S/C44H61N9O5.C34H44N6O5.C10H17N3/c1-26-36-20-31(44(36,3)4)21-37(26)49-43(56)40-39(27(2)54)38(23-47-50-45)58-53(40)24-28-13-12-15-35(41(28)57-9)29-17-30(19-34(18-29)52(7)8)42(55)48-33(25-51(5)6)22-32-14-10-11-16-46-32;1-18-21(9-8-10-26(18)22-11-23(33(42)43)13-25(12-22)38(6)7)17-39-31-30(29(45-39)16-36-37-35)20(3)44-40(32(31)41)28-15-24-14-27(19(28)2)34(24,4)5;1-13(2)8-9(11)7-10-5-3-4-6-12-10/h10-19,26-27,31,33,36-40,54H,20-25H2,1-9H3,(H,48,55)(H,49,56);8-13,19-20,24,27-31H,14-17H2,1-7H3,(H,42,43);3-6,9H,7-8,11H2,1-2H3/t26-,27-,31+,33-,36-,37-,38-,39+,40-;19-,20-,24+,27-,28-,29-,30+,31-;9-/m000/s1. The number of hydrogen-bond acceptors (Lipinski definition) is 20. The molecule has 5 heterocycles. The molecule has 15 rings (SSSR count). The van der Waals surface area contributed by atoms with Crippen LogP contribution in [-0.4, -0.2) is 219 Å². The number of pyridine rings is 2. The number of carbonyl (C=O) groups excluding carboxylic acids is 3. The van der Waals surface area contributed by atoms with Crippen LogP contribution in [-0.2, 0) is 50.0 Å². The van der Waals surface area contributed by atoms with E-state index in [1.807, 2.05) is 182 Å². The molecule has 6 N–H and O–H groups in total. The van der Waals surface area contributed by atoms with Gasteiger partial charge >= 0.3 is 5.97 Å². The molecule has 0 unspecified atom stereocenters. The van der Waals surface area contributed by atoms with Gasteiger partial charge in [-0.15, -0.1) is 0 Å². The van der Waals surface area contributed by atoms with Crippen LogP contribution in [0, 0.1) is 65.1 Å². The van der Waals surface area contributed by atoms with Crippen molar-refractivity contribution >= 4 is 35.1 Å². The number of hydroxylamine groups is 6. The molecule has 3 aliphatic heterocycles. The maximum atomic E-state index is 14.4. The first-order valence-corrected chi connectivity index (χ1v) is 40.8. The Morgan fingerprint density at radius 2 is 1.24 bits per heavy atom. The molecule has 624 valence electrons. The fourth-order valence-electron chi connectivity index (χ4n) is 19.6. The van der Waals surface area contributed by atoms with Crippen molar-refractivity contribution in [1.29, 1.82) is 0 Å². The molecule has 18 atom stereocenters. The van der Waals surface area contributed by atoms with E-state index in [9.17, 15) is 34.9 Å². The van der Waals surface area contributed by atoms with Crippen molar-refractivity contribution in [3.8, 4) is 28.0 Å². The van der Waals surface area contributed by atoms with E-state index in [1.165, 1.54) is 12.8 Å². The Kier molecular flexibility index (Phi) is 28.3. The zero-order chi connectivity index (χ0) is 83.9. The molecule has 28 nitrogen and oxygen atoms in total. The van der Waals surface area contributed by atoms with Crippen LogP contribution in [0.2, 0.25) is 0 Å². The molecule has 0 radical (unpaired) electrons. The van der Waals surface area contributed by atoms with E-state index in [2.05, 4.69) is 87.1 Å². The predicted octanol–water partition coefficient (Wildman–Crippen LogP) is 12.3. The minimum absolute atomic E-state index is 0.00757. The average molecular weight is 1590 g/mol. The molecule has 116 heavy (non-hydrogen) atoms. The van der Waals surface area contributed by atoms with Gasteiger partial charge in [0.1, 0.15) is 17.8 Å². The molecular formula is C88H122N18O10. The number of carbonyl (C=O) groups is 4. The van der Waals surface area contributed by atoms with Crippen molar-refractivity contribution in [2.75, 3.05) is 99.5 Å². The number of methoxy groups -OCH3 is 1. The molecule has 0 spiro atoms. The smallest absolute Gasteiger partial charge is 0.335 e. The number of aromatic nitrogens is 2. The second-order valence-electron chi connectivity index (χ2n) is 35.3. The number of fused-ring (bicyclic) bond motifs is 5. The number of para-hydroxylation sites is 1. The molecule has 6 aliphatic carbocycles. The number of aromatic carboxylic acids is 1. The van der Waals surface area contributed by atoms with E-state index in [4.69, 9.17) is 30.5 Å². The van der Waals surface area contributed by atoms with Crippen LogP contribution < -0.4 is 30.9 Å². The number of nitrogens with one attached hydrogen (secondary N) is 2. The number of nitrogens with zero attached hydrogens (tertiary/aromatic N) is 15. The molecule has 3 amide bonds. The Morgan fingerprint density at radius 1 is 0.690 bits per heavy atom. The molecular weight excluding hydrogens is 1470 g/mol. The Bertz CT molecular complexity index is 4520. The summed E-state index contributed by atoms with van der Waals surface area (Å²) in [7, 11) is 17.3. The third-order valence-electron chi connectivity index (χ3n) is 26.1. The van der Waals surface area contributed by atoms with Crippen molar-refractivity contribution < 1.29 is 48.6 Å². The van der Waals surface area contributed by atoms with Crippen LogP contribution in [0.4, 0.5) is 11.4 Å². The number of ether oxygens (including phenoxy) is 1. The topological polar surface area (TPSA) is 342 Å². The summed E-state index contributed by atoms with van der Waals surface area (Å²) in [6.07, 6.45) is 6.76. The number of amides is 3. The van der Waals surface area contributed by atoms with Crippen LogP contribution in [0.5, 0.6) is 5.75 Å². The van der Waals surface area contributed by atoms with Gasteiger partial charge in [0.15, 0.2) is 0 Å². The van der Waals surface area contributed by atoms with E-state index in [-0.39, 0.29) is 89.9 Å². The summed E-state index contributed by atoms with van der Waals surface area (Å²) in [5.41, 5.74) is 35.0. The largest absolute Gasteiger partial charge is 0.496 e. The van der Waals surface area contributed by atoms with E-state index in [0.29, 0.717) is 66.3 Å². The first-order chi connectivity index (χ1) is 55.1. The van der Waals surface area contributed by atoms with E-state index in [1.54, 1.807) is 53.7 Å². The summed E-state index contributed by atoms with van der Waals surface area (Å²) in [5.74, 6) is 0.933. The number of carboxylic acid groups (broad SMARTS) is 1. The number of benzene rings is 4. The van der Waals surface area contributed by atoms with Crippen LogP contribution >= 0.6 is 0 Å². The second kappa shape index (κ2) is 37.5. The van der Waals surface area contributed by atoms with Crippen LogP contribution in [0.15, 0.2) is 132 Å². The Balaban J connectivity index is 0.000000201. The van der Waals surface area contributed by atoms with Gasteiger partial charge in [-0.2, -0.15) is 10.1 Å². The highest BCUT2D eigenvalue weighted by Gasteiger charge is 2.63. The van der Waals surface area contributed by atoms with Gasteiger partial charge < -0.3 is 50.9 Å². The highest BCUT2D eigenvalue weighted by molar-refractivity contribution is 5.97. The number of aliphatic hydroxyl groups is 1. The molecule has 9 fully saturated rings. The summed E-state index contributed by atoms with van der Waals surface area (Å²) in [6, 6.07) is 33.1. The maximum Gasteiger partial charge on any atom is 0.335 e. The van der Waals surface area contributed by atoms with Crippen molar-refractivity contribution in [3.63, 3.8) is 0 Å². The Hall–Kier alpha value is -9.28. The molecule has 3 saturated heterocycles. The number of aliphatic hydroxyl groups excluding tert-OH is 1. The summed E-state index contributed by atoms with van der Waals surface area (Å²) < 4.78 is 6.12. The zero-order valence-electron chi connectivity index (χ0n) is 70.9. The van der Waals surface area contributed by atoms with Gasteiger partial charge in [0, 0.05) is 146 Å². The van der Waals surface area contributed by atoms with Gasteiger partial charge in [-0.1, -0.05) is 100 Å². The lowest BCUT2D eigenvalue weighted by molar-refractivity contribution is -0.280. The van der Waals surface area contributed by atoms with Crippen molar-refractivity contribution in [2.45, 2.75) is 175 Å². The summed E-state index contributed by atoms with van der Waals surface area (Å²) in [5, 5.41) is 40.2. The lowest BCUT2D eigenvalue weighted by Gasteiger charge is -2.63. The Morgan fingerprint density at radius 3 is 1.79 bits per heavy atom. The van der Waals surface area contributed by atoms with E-state index < -0.39 is 42.3 Å². The fourth-order valence-corrected chi connectivity index (χ4v) is 19.6. The normalized spacial score (nSPS) is 26.8. The fraction of sp³-hybridized carbons (Fsp3) is 0.568. The molecule has 9 aliphatic rings. The number of anilines is 2. The first-order valence-electron chi connectivity index (χ1n) is 40.8. The van der Waals surface area contributed by atoms with Crippen LogP contribution in [0.3, 0.4) is 0 Å². The van der Waals surface area contributed by atoms with E-state index >= 15 is 0 Å². The van der Waals surface area contributed by atoms with Crippen molar-refractivity contribution in [2.24, 2.45) is 74.1 Å². The third kappa shape index (κ3) is 19.4. The van der Waals surface area contributed by atoms with Gasteiger partial charge in [-0.05, 0) is 221 Å². The minimum atomic E-state index is -0.985. The predicted molar refractivity (Wildman–Crippen MR) is 449 cm³/mol. The molecule has 2 aromatic heterocycles. The number of azide groups is 2. The van der Waals surface area contributed by atoms with Gasteiger partial charge in [0.2, 0.25) is 5.91 Å². The van der Waals surface area contributed by atoms with Crippen LogP contribution in [0.25, 0.3) is 43.1 Å². The van der Waals surface area contributed by atoms with Gasteiger partial charge in [-0.3, -0.25) is 38.9 Å². The summed E-state index contributed by atoms with van der Waals surface area (Å²) in [4.78, 5) is 96.7. The van der Waals surface area contributed by atoms with E-state index in [0.717, 1.165) is 87.5 Å². The second-order valence-corrected chi connectivity index (χ2v) is 35.3. The SMILES string of the molecule is CN(C)C[C@@H](N)Cc1ccccn1.COc1c(CN2O[C@@H](CN=[N+]=[N-])[C@@H]([C@H](C)O)[C@H]2C(=O)N[C@H]2C[C@H]3C[C@@H]([C@@H]2C)C3(C)C)cccc1-c1cc(C(=O)N[C@@H](Cc2ccccn2)CN(C)C)cc(N(C)C)c1.Cc1c(CN2O[C@@H](CN=[N+]=[N-])[C@H]3[C@H](C)ON([C@H]4C[C@H]5C[C@@H]([C@@H]4C)C5(C)C)C(=O)[C@H]32)cccc1-c1cc(C(=O)O)cc(N(C)C)c1. The lowest BCUT2D eigenvalue weighted by atomic mass is 9.44. The molecule has 4 bridgehead atoms. The quantitative estimate of drug-likeness (QED) is 0.0173. The minimum Gasteiger partial charge on any atom is -0.496 e. The first kappa shape index (κ1) is 87.6. The van der Waals surface area contributed by atoms with Gasteiger partial charge in [0.25, 0.3) is 11.8 Å². The van der Waals surface area contributed by atoms with Crippen molar-refractivity contribution in [1.82, 2.24) is 45.6 Å². The number of rotatable bonds is 28. The lowest BCUT2D eigenvalue weighted by Crippen LogP contribution is -2.66. The number of hydrogen-bond donors (Lipinski definition) is 5. The summed E-state index contributed by atoms with van der Waals surface area (Å²) in [6.45, 7) is 21.5. The Labute approximate surface area is 683 Å². The molecule has 6 saturated carbocycles. The van der Waals surface area contributed by atoms with Crippen LogP contribution in [0.1, 0.15) is 130 Å². The highest BCUT2D eigenvalue weighted by atomic mass is 16.7. The highest BCUT2D eigenvalue weighted by Crippen LogP contribution is 2.63. The monoisotopic (exact) mass is 1590 g/mol. The van der Waals surface area contributed by atoms with Crippen molar-refractivity contribution in [3.05, 3.63) is 182 Å². The number of nitrogens with two attached hydrogens (primary N) is 1.